The molecule has 7 heteroatoms. The van der Waals surface area contributed by atoms with Gasteiger partial charge in [-0.3, -0.25) is 9.59 Å². The molecule has 1 fully saturated rings. The largest absolute Gasteiger partial charge is 0.468 e. The van der Waals surface area contributed by atoms with E-state index in [1.807, 2.05) is 6.92 Å². The minimum atomic E-state index is -0.953. The Morgan fingerprint density at radius 1 is 1.06 bits per heavy atom. The zero-order valence-corrected chi connectivity index (χ0v) is 20.0. The molecule has 3 atom stereocenters. The average molecular weight is 470 g/mol. The summed E-state index contributed by atoms with van der Waals surface area (Å²) in [5, 5.41) is 3.26. The molecule has 1 aromatic carbocycles. The molecule has 6 nitrogen and oxygen atoms in total. The van der Waals surface area contributed by atoms with Gasteiger partial charge in [-0.05, 0) is 62.6 Å². The SMILES string of the molecule is COC(=O)[C@@H]1C(=O)C2=C(C[C@H]1C)NC(C)=C(C(=O)OC1CCCCCC1)[C@H]2c1ccc(F)cc1. The van der Waals surface area contributed by atoms with E-state index < -0.39 is 29.6 Å². The van der Waals surface area contributed by atoms with Crippen molar-refractivity contribution in [3.05, 3.63) is 58.2 Å². The number of ketones is 1. The zero-order valence-electron chi connectivity index (χ0n) is 20.0. The molecule has 3 aliphatic rings. The molecule has 1 aromatic rings. The van der Waals surface area contributed by atoms with Crippen LogP contribution in [0.15, 0.2) is 46.8 Å². The number of hydrogen-bond acceptors (Lipinski definition) is 6. The predicted molar refractivity (Wildman–Crippen MR) is 124 cm³/mol. The summed E-state index contributed by atoms with van der Waals surface area (Å²) in [4.78, 5) is 39.7. The first-order valence-corrected chi connectivity index (χ1v) is 12.1. The van der Waals surface area contributed by atoms with Crippen LogP contribution in [0.25, 0.3) is 0 Å². The first kappa shape index (κ1) is 24.2. The lowest BCUT2D eigenvalue weighted by Crippen LogP contribution is -2.43. The lowest BCUT2D eigenvalue weighted by atomic mass is 9.69. The third-order valence-electron chi connectivity index (χ3n) is 7.24. The second kappa shape index (κ2) is 10.1. The maximum absolute atomic E-state index is 13.8. The van der Waals surface area contributed by atoms with E-state index in [-0.39, 0.29) is 17.8 Å². The van der Waals surface area contributed by atoms with Crippen LogP contribution in [0.2, 0.25) is 0 Å². The molecule has 0 aromatic heterocycles. The van der Waals surface area contributed by atoms with Crippen molar-refractivity contribution in [2.45, 2.75) is 70.8 Å². The highest BCUT2D eigenvalue weighted by Crippen LogP contribution is 2.45. The molecule has 0 saturated heterocycles. The number of benzene rings is 1. The smallest absolute Gasteiger partial charge is 0.337 e. The standard InChI is InChI=1S/C27H32FNO5/c1-15-14-20-24(25(30)21(15)26(31)33-3)23(17-10-12-18(28)13-11-17)22(16(2)29-20)27(32)34-19-8-6-4-5-7-9-19/h10-13,15,19,21,23,29H,4-9,14H2,1-3H3/t15-,21+,23-/m1/s1. The quantitative estimate of drug-likeness (QED) is 0.391. The number of hydrogen-bond donors (Lipinski definition) is 1. The summed E-state index contributed by atoms with van der Waals surface area (Å²) in [6.45, 7) is 3.64. The third kappa shape index (κ3) is 4.65. The Hall–Kier alpha value is -2.96. The lowest BCUT2D eigenvalue weighted by Gasteiger charge is -2.38. The van der Waals surface area contributed by atoms with E-state index in [1.54, 1.807) is 19.1 Å². The number of carbonyl (C=O) groups excluding carboxylic acids is 3. The van der Waals surface area contributed by atoms with Crippen molar-refractivity contribution >= 4 is 17.7 Å². The fourth-order valence-electron chi connectivity index (χ4n) is 5.51. The Bertz CT molecular complexity index is 1030. The molecule has 0 bridgehead atoms. The molecule has 1 N–H and O–H groups in total. The number of Topliss-reactive ketones (excluding diaryl/α,β-unsaturated/α-hetero) is 1. The van der Waals surface area contributed by atoms with E-state index in [2.05, 4.69) is 5.32 Å². The van der Waals surface area contributed by atoms with Gasteiger partial charge < -0.3 is 14.8 Å². The van der Waals surface area contributed by atoms with E-state index >= 15 is 0 Å². The monoisotopic (exact) mass is 469 g/mol. The summed E-state index contributed by atoms with van der Waals surface area (Å²) in [5.41, 5.74) is 2.60. The van der Waals surface area contributed by atoms with Crippen LogP contribution >= 0.6 is 0 Å². The van der Waals surface area contributed by atoms with Crippen LogP contribution in [0.3, 0.4) is 0 Å². The summed E-state index contributed by atoms with van der Waals surface area (Å²) in [5.74, 6) is -3.80. The van der Waals surface area contributed by atoms with Crippen LogP contribution in [0, 0.1) is 17.7 Å². The Morgan fingerprint density at radius 2 is 1.71 bits per heavy atom. The summed E-state index contributed by atoms with van der Waals surface area (Å²) >= 11 is 0. The van der Waals surface area contributed by atoms with Gasteiger partial charge in [0, 0.05) is 22.9 Å². The molecule has 0 unspecified atom stereocenters. The van der Waals surface area contributed by atoms with Crippen LogP contribution in [0.1, 0.15) is 70.3 Å². The van der Waals surface area contributed by atoms with E-state index in [0.717, 1.165) is 38.5 Å². The Kier molecular flexibility index (Phi) is 7.19. The summed E-state index contributed by atoms with van der Waals surface area (Å²) in [6.07, 6.45) is 6.24. The Balaban J connectivity index is 1.76. The highest BCUT2D eigenvalue weighted by molar-refractivity contribution is 6.12. The van der Waals surface area contributed by atoms with Crippen LogP contribution < -0.4 is 5.32 Å². The number of carbonyl (C=O) groups is 3. The van der Waals surface area contributed by atoms with Gasteiger partial charge in [0.15, 0.2) is 5.78 Å². The van der Waals surface area contributed by atoms with Crippen LogP contribution in [0.5, 0.6) is 0 Å². The first-order chi connectivity index (χ1) is 16.3. The maximum atomic E-state index is 13.8. The molecular weight excluding hydrogens is 437 g/mol. The molecule has 4 rings (SSSR count). The molecule has 2 aliphatic carbocycles. The van der Waals surface area contributed by atoms with Gasteiger partial charge in [-0.2, -0.15) is 0 Å². The van der Waals surface area contributed by atoms with Crippen molar-refractivity contribution in [2.24, 2.45) is 11.8 Å². The average Bonchev–Trinajstić information content (AvgIpc) is 3.07. The third-order valence-corrected chi connectivity index (χ3v) is 7.24. The lowest BCUT2D eigenvalue weighted by molar-refractivity contribution is -0.151. The number of rotatable bonds is 4. The summed E-state index contributed by atoms with van der Waals surface area (Å²) in [6, 6.07) is 5.80. The van der Waals surface area contributed by atoms with Crippen LogP contribution in [0.4, 0.5) is 4.39 Å². The highest BCUT2D eigenvalue weighted by Gasteiger charge is 2.47. The van der Waals surface area contributed by atoms with E-state index in [9.17, 15) is 18.8 Å². The van der Waals surface area contributed by atoms with Crippen molar-refractivity contribution in [1.82, 2.24) is 5.32 Å². The normalized spacial score (nSPS) is 25.9. The second-order valence-electron chi connectivity index (χ2n) is 9.61. The van der Waals surface area contributed by atoms with Crippen molar-refractivity contribution in [2.75, 3.05) is 7.11 Å². The van der Waals surface area contributed by atoms with Gasteiger partial charge >= 0.3 is 11.9 Å². The van der Waals surface area contributed by atoms with Crippen LogP contribution in [-0.2, 0) is 23.9 Å². The van der Waals surface area contributed by atoms with E-state index in [1.165, 1.54) is 19.2 Å². The number of esters is 2. The van der Waals surface area contributed by atoms with Crippen molar-refractivity contribution in [1.29, 1.82) is 0 Å². The molecule has 0 radical (unpaired) electrons. The highest BCUT2D eigenvalue weighted by atomic mass is 19.1. The van der Waals surface area contributed by atoms with Gasteiger partial charge in [-0.15, -0.1) is 0 Å². The minimum absolute atomic E-state index is 0.163. The predicted octanol–water partition coefficient (Wildman–Crippen LogP) is 4.70. The van der Waals surface area contributed by atoms with Gasteiger partial charge in [0.2, 0.25) is 0 Å². The second-order valence-corrected chi connectivity index (χ2v) is 9.61. The fraction of sp³-hybridized carbons (Fsp3) is 0.519. The number of nitrogens with one attached hydrogen (secondary N) is 1. The van der Waals surface area contributed by atoms with Crippen molar-refractivity contribution in [3.63, 3.8) is 0 Å². The fourth-order valence-corrected chi connectivity index (χ4v) is 5.51. The molecule has 1 saturated carbocycles. The number of halogens is 1. The summed E-state index contributed by atoms with van der Waals surface area (Å²) in [7, 11) is 1.27. The van der Waals surface area contributed by atoms with Gasteiger partial charge in [0.25, 0.3) is 0 Å². The molecule has 0 amide bonds. The molecule has 1 aliphatic heterocycles. The minimum Gasteiger partial charge on any atom is -0.468 e. The molecule has 1 heterocycles. The summed E-state index contributed by atoms with van der Waals surface area (Å²) < 4.78 is 24.6. The molecule has 34 heavy (non-hydrogen) atoms. The van der Waals surface area contributed by atoms with E-state index in [0.29, 0.717) is 34.5 Å². The topological polar surface area (TPSA) is 81.7 Å². The van der Waals surface area contributed by atoms with Gasteiger partial charge in [-0.25, -0.2) is 9.18 Å². The van der Waals surface area contributed by atoms with Gasteiger partial charge in [0.1, 0.15) is 17.8 Å². The zero-order chi connectivity index (χ0) is 24.4. The number of ether oxygens (including phenoxy) is 2. The number of allylic oxidation sites excluding steroid dienone is 3. The number of methoxy groups -OCH3 is 1. The van der Waals surface area contributed by atoms with Crippen molar-refractivity contribution < 1.29 is 28.2 Å². The molecule has 0 spiro atoms. The van der Waals surface area contributed by atoms with Gasteiger partial charge in [-0.1, -0.05) is 31.9 Å². The van der Waals surface area contributed by atoms with Crippen molar-refractivity contribution in [3.8, 4) is 0 Å². The Morgan fingerprint density at radius 3 is 2.32 bits per heavy atom. The first-order valence-electron chi connectivity index (χ1n) is 12.1. The van der Waals surface area contributed by atoms with Crippen LogP contribution in [-0.4, -0.2) is 30.9 Å². The molecular formula is C27H32FNO5. The maximum Gasteiger partial charge on any atom is 0.337 e. The Labute approximate surface area is 199 Å². The van der Waals surface area contributed by atoms with E-state index in [4.69, 9.17) is 9.47 Å². The van der Waals surface area contributed by atoms with Gasteiger partial charge in [0.05, 0.1) is 12.7 Å². The number of dihydropyridines is 1. The molecule has 182 valence electrons.